The summed E-state index contributed by atoms with van der Waals surface area (Å²) in [5, 5.41) is 1.58. The third kappa shape index (κ3) is 3.22. The maximum absolute atomic E-state index is 6.52. The molecule has 4 bridgehead atoms. The van der Waals surface area contributed by atoms with Gasteiger partial charge in [-0.05, 0) is 125 Å². The largest absolute Gasteiger partial charge is 0.0843 e. The van der Waals surface area contributed by atoms with Gasteiger partial charge in [-0.3, -0.25) is 0 Å². The zero-order valence-electron chi connectivity index (χ0n) is 22.2. The molecule has 0 N–H and O–H groups in total. The Hall–Kier alpha value is -2.54. The predicted molar refractivity (Wildman–Crippen MR) is 157 cm³/mol. The fourth-order valence-corrected chi connectivity index (χ4v) is 9.46. The van der Waals surface area contributed by atoms with Gasteiger partial charge in [-0.15, -0.1) is 0 Å². The number of hydrogen-bond donors (Lipinski definition) is 0. The van der Waals surface area contributed by atoms with Crippen molar-refractivity contribution in [1.29, 1.82) is 0 Å². The van der Waals surface area contributed by atoms with Crippen LogP contribution in [-0.4, -0.2) is 0 Å². The zero-order chi connectivity index (χ0) is 26.0. The highest BCUT2D eigenvalue weighted by molar-refractivity contribution is 6.31. The van der Waals surface area contributed by atoms with Crippen molar-refractivity contribution in [2.75, 3.05) is 0 Å². The highest BCUT2D eigenvalue weighted by atomic mass is 35.5. The average Bonchev–Trinajstić information content (AvgIpc) is 3.24. The number of benzene rings is 4. The van der Waals surface area contributed by atoms with E-state index in [2.05, 4.69) is 72.8 Å². The molecule has 0 amide bonds. The summed E-state index contributed by atoms with van der Waals surface area (Å²) in [6.07, 6.45) is 7.00. The van der Waals surface area contributed by atoms with Crippen LogP contribution >= 0.6 is 23.2 Å². The Morgan fingerprint density at radius 2 is 1.03 bits per heavy atom. The summed E-state index contributed by atoms with van der Waals surface area (Å²) in [5.74, 6) is 3.33. The minimum Gasteiger partial charge on any atom is -0.0843 e. The molecule has 5 aliphatic rings. The van der Waals surface area contributed by atoms with Crippen LogP contribution in [0.2, 0.25) is 10.0 Å². The van der Waals surface area contributed by atoms with E-state index in [4.69, 9.17) is 24.6 Å². The lowest BCUT2D eigenvalue weighted by Crippen LogP contribution is -2.55. The van der Waals surface area contributed by atoms with E-state index in [1.807, 2.05) is 12.1 Å². The maximum Gasteiger partial charge on any atom is 0.0412 e. The Morgan fingerprint density at radius 3 is 1.46 bits per heavy atom. The number of halogens is 2. The van der Waals surface area contributed by atoms with E-state index >= 15 is 0 Å². The second-order valence-corrected chi connectivity index (χ2v) is 12.5. The molecule has 0 heterocycles. The van der Waals surface area contributed by atoms with Crippen molar-refractivity contribution in [3.05, 3.63) is 106 Å². The molecule has 186 valence electrons. The van der Waals surface area contributed by atoms with Gasteiger partial charge in [-0.1, -0.05) is 91.3 Å². The van der Waals surface area contributed by atoms with Crippen molar-refractivity contribution in [2.45, 2.75) is 44.9 Å². The quantitative estimate of drug-likeness (QED) is 0.245. The second-order valence-electron chi connectivity index (χ2n) is 11.7. The molecule has 0 saturated heterocycles. The van der Waals surface area contributed by atoms with Gasteiger partial charge in [0.2, 0.25) is 0 Å². The van der Waals surface area contributed by atoms with Crippen LogP contribution in [0.15, 0.2) is 84.9 Å². The van der Waals surface area contributed by atoms with E-state index in [-0.39, 0.29) is 5.41 Å². The lowest BCUT2D eigenvalue weighted by molar-refractivity contribution is -0.0399. The molecule has 4 fully saturated rings. The number of rotatable bonds is 2. The lowest BCUT2D eigenvalue weighted by Gasteiger charge is -2.61. The molecule has 0 atom stereocenters. The molecule has 0 nitrogen and oxygen atoms in total. The second kappa shape index (κ2) is 8.48. The maximum atomic E-state index is 6.52. The summed E-state index contributed by atoms with van der Waals surface area (Å²) < 4.78 is 5.75. The molecule has 5 aliphatic carbocycles. The van der Waals surface area contributed by atoms with Gasteiger partial charge in [-0.2, -0.15) is 0 Å². The fourth-order valence-electron chi connectivity index (χ4n) is 9.08. The summed E-state index contributed by atoms with van der Waals surface area (Å²) in [6.45, 7) is 0. The van der Waals surface area contributed by atoms with Crippen molar-refractivity contribution in [3.63, 3.8) is 0 Å². The molecule has 4 aromatic rings. The Balaban J connectivity index is 0.00000118. The van der Waals surface area contributed by atoms with Crippen LogP contribution in [0.25, 0.3) is 33.4 Å². The summed E-state index contributed by atoms with van der Waals surface area (Å²) in [5.41, 5.74) is 11.1. The Kier molecular flexibility index (Phi) is 5.15. The molecule has 4 saturated carbocycles. The summed E-state index contributed by atoms with van der Waals surface area (Å²) >= 11 is 13.0. The third-order valence-corrected chi connectivity index (χ3v) is 10.4. The van der Waals surface area contributed by atoms with Crippen molar-refractivity contribution < 1.29 is 1.37 Å². The summed E-state index contributed by atoms with van der Waals surface area (Å²) in [7, 11) is 1.25. The number of hydrogen-bond acceptors (Lipinski definition) is 0. The van der Waals surface area contributed by atoms with Crippen LogP contribution in [0, 0.1) is 23.7 Å². The van der Waals surface area contributed by atoms with Gasteiger partial charge in [0.15, 0.2) is 0 Å². The molecule has 0 unspecified atom stereocenters. The highest BCUT2D eigenvalue weighted by Crippen LogP contribution is 2.70. The molecular formula is C35H32Cl2. The minimum atomic E-state index is 0.126. The Labute approximate surface area is 232 Å². The molecule has 4 aromatic carbocycles. The first-order chi connectivity index (χ1) is 18.6. The van der Waals surface area contributed by atoms with Crippen LogP contribution in [0.4, 0.5) is 0 Å². The van der Waals surface area contributed by atoms with Gasteiger partial charge in [0.05, 0.1) is 0 Å². The molecule has 9 rings (SSSR count). The van der Waals surface area contributed by atoms with E-state index in [0.717, 1.165) is 33.7 Å². The van der Waals surface area contributed by atoms with E-state index in [0.29, 0.717) is 0 Å². The van der Waals surface area contributed by atoms with Gasteiger partial charge in [0.1, 0.15) is 0 Å². The van der Waals surface area contributed by atoms with Crippen LogP contribution in [0.5, 0.6) is 0 Å². The van der Waals surface area contributed by atoms with Crippen LogP contribution in [-0.2, 0) is 5.41 Å². The van der Waals surface area contributed by atoms with Gasteiger partial charge >= 0.3 is 0 Å². The molecule has 0 aromatic heterocycles. The highest BCUT2D eigenvalue weighted by Gasteiger charge is 2.62. The lowest BCUT2D eigenvalue weighted by atomic mass is 9.43. The standard InChI is InChI=1S/C34H28Cl2.CH4/c35-26-7-1-5-22(18-26)28-9-3-11-30-32(28)33-29(23-6-2-8-27(36)19-23)10-4-12-31(33)34(30)24-14-20-13-21(16-24)17-25(34)15-20;/h1-12,18-21,24-25H,13-17H2;1H4/i;1D. The van der Waals surface area contributed by atoms with Gasteiger partial charge < -0.3 is 0 Å². The van der Waals surface area contributed by atoms with Crippen molar-refractivity contribution in [3.8, 4) is 33.4 Å². The zero-order valence-corrected chi connectivity index (χ0v) is 22.7. The predicted octanol–water partition coefficient (Wildman–Crippen LogP) is 10.7. The van der Waals surface area contributed by atoms with Gasteiger partial charge in [0.25, 0.3) is 0 Å². The van der Waals surface area contributed by atoms with E-state index in [1.165, 1.54) is 72.9 Å². The molecule has 0 radical (unpaired) electrons. The SMILES string of the molecule is Clc1cccc(-c2cccc3c2-c2c(-c4cccc(Cl)c4)cccc2C32C3CC4CC(C3)CC2C4)c1.[2H]C. The number of fused-ring (bicyclic) bond motifs is 3. The van der Waals surface area contributed by atoms with Crippen molar-refractivity contribution >= 4 is 23.2 Å². The minimum absolute atomic E-state index is 0.126. The molecular weight excluding hydrogens is 491 g/mol. The van der Waals surface area contributed by atoms with Gasteiger partial charge in [0, 0.05) is 16.8 Å². The summed E-state index contributed by atoms with van der Waals surface area (Å²) in [6, 6.07) is 30.9. The first-order valence-electron chi connectivity index (χ1n) is 14.4. The van der Waals surface area contributed by atoms with Crippen LogP contribution in [0.3, 0.4) is 0 Å². The topological polar surface area (TPSA) is 0 Å². The first-order valence-corrected chi connectivity index (χ1v) is 14.2. The van der Waals surface area contributed by atoms with E-state index in [1.54, 1.807) is 11.1 Å². The van der Waals surface area contributed by atoms with Crippen molar-refractivity contribution in [2.24, 2.45) is 23.7 Å². The van der Waals surface area contributed by atoms with Crippen LogP contribution in [0.1, 0.15) is 52.0 Å². The molecule has 37 heavy (non-hydrogen) atoms. The monoisotopic (exact) mass is 523 g/mol. The fraction of sp³-hybridized carbons (Fsp3) is 0.314. The van der Waals surface area contributed by atoms with E-state index < -0.39 is 0 Å². The molecule has 1 spiro atoms. The average molecular weight is 525 g/mol. The van der Waals surface area contributed by atoms with Crippen LogP contribution < -0.4 is 0 Å². The van der Waals surface area contributed by atoms with Gasteiger partial charge in [-0.25, -0.2) is 0 Å². The smallest absolute Gasteiger partial charge is 0.0412 e. The molecule has 0 aliphatic heterocycles. The Morgan fingerprint density at radius 1 is 0.595 bits per heavy atom. The van der Waals surface area contributed by atoms with Crippen molar-refractivity contribution in [1.82, 2.24) is 0 Å². The first kappa shape index (κ1) is 22.4. The Bertz CT molecular complexity index is 1410. The third-order valence-electron chi connectivity index (χ3n) is 9.97. The normalized spacial score (nSPS) is 25.8. The van der Waals surface area contributed by atoms with E-state index in [9.17, 15) is 0 Å². The summed E-state index contributed by atoms with van der Waals surface area (Å²) in [4.78, 5) is 0. The molecule has 2 heteroatoms.